The van der Waals surface area contributed by atoms with E-state index >= 15 is 0 Å². The molecule has 92 valence electrons. The Balaban J connectivity index is 5.25. The first-order valence-corrected chi connectivity index (χ1v) is 3.95. The number of hydrogen-bond donors (Lipinski definition) is 1. The van der Waals surface area contributed by atoms with E-state index in [0.29, 0.717) is 0 Å². The van der Waals surface area contributed by atoms with Crippen LogP contribution >= 0.6 is 0 Å². The predicted octanol–water partition coefficient (Wildman–Crippen LogP) is -1.07. The van der Waals surface area contributed by atoms with E-state index in [4.69, 9.17) is 5.26 Å². The van der Waals surface area contributed by atoms with Gasteiger partial charge in [-0.05, 0) is 0 Å². The fourth-order valence-electron chi connectivity index (χ4n) is 0.732. The largest absolute Gasteiger partial charge is 0.516 e. The highest BCUT2D eigenvalue weighted by Gasteiger charge is 2.56. The number of nitriles is 1. The number of ether oxygens (including phenoxy) is 2. The molecule has 0 rings (SSSR count). The number of nitrogens with zero attached hydrogens (tertiary/aromatic N) is 2. The lowest BCUT2D eigenvalue weighted by molar-refractivity contribution is -0.542. The number of amides is 1. The van der Waals surface area contributed by atoms with Crippen LogP contribution in [0.3, 0.4) is 0 Å². The van der Waals surface area contributed by atoms with E-state index in [1.165, 1.54) is 5.32 Å². The van der Waals surface area contributed by atoms with Crippen molar-refractivity contribution in [1.82, 2.24) is 5.32 Å². The van der Waals surface area contributed by atoms with Crippen LogP contribution in [0.2, 0.25) is 0 Å². The molecule has 1 atom stereocenters. The first-order valence-electron chi connectivity index (χ1n) is 3.95. The lowest BCUT2D eigenvalue weighted by atomic mass is 10.2. The van der Waals surface area contributed by atoms with Gasteiger partial charge in [0.05, 0.1) is 12.0 Å². The summed E-state index contributed by atoms with van der Waals surface area (Å²) in [5.74, 6) is -2.89. The molecule has 0 aromatic rings. The second kappa shape index (κ2) is 5.40. The third-order valence-corrected chi connectivity index (χ3v) is 1.43. The molecule has 0 aromatic carbocycles. The van der Waals surface area contributed by atoms with Gasteiger partial charge in [0.15, 0.2) is 6.07 Å². The number of nitro groups is 1. The zero-order valence-electron chi connectivity index (χ0n) is 8.75. The Hall–Kier alpha value is -2.70. The van der Waals surface area contributed by atoms with Crippen molar-refractivity contribution in [3.05, 3.63) is 10.1 Å². The van der Waals surface area contributed by atoms with E-state index in [1.807, 2.05) is 0 Å². The fraction of sp³-hybridized carbons (Fsp3) is 0.429. The van der Waals surface area contributed by atoms with Gasteiger partial charge in [-0.2, -0.15) is 5.26 Å². The van der Waals surface area contributed by atoms with Crippen LogP contribution in [0, 0.1) is 21.4 Å². The first-order chi connectivity index (χ1) is 7.80. The highest BCUT2D eigenvalue weighted by atomic mass is 16.7. The Morgan fingerprint density at radius 3 is 2.29 bits per heavy atom. The first kappa shape index (κ1) is 14.3. The Morgan fingerprint density at radius 1 is 1.47 bits per heavy atom. The number of esters is 1. The minimum Gasteiger partial charge on any atom is -0.437 e. The van der Waals surface area contributed by atoms with Gasteiger partial charge in [-0.3, -0.25) is 20.2 Å². The van der Waals surface area contributed by atoms with E-state index in [9.17, 15) is 24.5 Å². The topological polar surface area (TPSA) is 149 Å². The lowest BCUT2D eigenvalue weighted by Gasteiger charge is -2.15. The summed E-state index contributed by atoms with van der Waals surface area (Å²) in [6, 6.07) is 0.962. The summed E-state index contributed by atoms with van der Waals surface area (Å²) in [5.41, 5.74) is -3.18. The van der Waals surface area contributed by atoms with Gasteiger partial charge < -0.3 is 9.47 Å². The SMILES string of the molecule is COC(=O)OC(=O)C(C#N)(NC(C)=O)[N+](=O)[O-]. The minimum atomic E-state index is -3.18. The minimum absolute atomic E-state index is 0.848. The van der Waals surface area contributed by atoms with Crippen LogP contribution < -0.4 is 5.32 Å². The van der Waals surface area contributed by atoms with Crippen LogP contribution in [-0.2, 0) is 19.1 Å². The summed E-state index contributed by atoms with van der Waals surface area (Å²) in [6.07, 6.45) is -1.54. The molecule has 10 nitrogen and oxygen atoms in total. The monoisotopic (exact) mass is 245 g/mol. The van der Waals surface area contributed by atoms with Gasteiger partial charge in [0.2, 0.25) is 5.91 Å². The summed E-state index contributed by atoms with van der Waals surface area (Å²) >= 11 is 0. The molecule has 10 heteroatoms. The summed E-state index contributed by atoms with van der Waals surface area (Å²) < 4.78 is 7.76. The standard InChI is InChI=1S/C7H7N3O7/c1-4(11)9-7(3-8,10(14)15)5(12)17-6(13)16-2/h1-2H3,(H,9,11). The molecular weight excluding hydrogens is 238 g/mol. The second-order valence-corrected chi connectivity index (χ2v) is 2.60. The third-order valence-electron chi connectivity index (χ3n) is 1.43. The molecule has 1 N–H and O–H groups in total. The lowest BCUT2D eigenvalue weighted by Crippen LogP contribution is -2.59. The molecule has 0 aromatic heterocycles. The number of carbonyl (C=O) groups excluding carboxylic acids is 3. The molecule has 0 radical (unpaired) electrons. The molecule has 0 saturated heterocycles. The zero-order valence-corrected chi connectivity index (χ0v) is 8.75. The van der Waals surface area contributed by atoms with Gasteiger partial charge in [-0.15, -0.1) is 0 Å². The fourth-order valence-corrected chi connectivity index (χ4v) is 0.732. The number of carbonyl (C=O) groups is 3. The highest BCUT2D eigenvalue weighted by molar-refractivity contribution is 5.93. The van der Waals surface area contributed by atoms with Crippen LogP contribution in [0.25, 0.3) is 0 Å². The Labute approximate surface area is 94.2 Å². The smallest absolute Gasteiger partial charge is 0.437 e. The van der Waals surface area contributed by atoms with Crippen molar-refractivity contribution in [3.8, 4) is 6.07 Å². The molecule has 0 spiro atoms. The molecule has 1 amide bonds. The number of rotatable bonds is 3. The van der Waals surface area contributed by atoms with Crippen LogP contribution in [0.15, 0.2) is 0 Å². The van der Waals surface area contributed by atoms with Crippen molar-refractivity contribution in [1.29, 1.82) is 5.26 Å². The van der Waals surface area contributed by atoms with Crippen molar-refractivity contribution >= 4 is 18.0 Å². The Bertz CT molecular complexity index is 412. The van der Waals surface area contributed by atoms with Crippen LogP contribution in [0.5, 0.6) is 0 Å². The van der Waals surface area contributed by atoms with Gasteiger partial charge in [-0.25, -0.2) is 9.59 Å². The van der Waals surface area contributed by atoms with Gasteiger partial charge >= 0.3 is 17.8 Å². The second-order valence-electron chi connectivity index (χ2n) is 2.60. The van der Waals surface area contributed by atoms with E-state index in [2.05, 4.69) is 9.47 Å². The molecule has 0 bridgehead atoms. The molecule has 0 fully saturated rings. The van der Waals surface area contributed by atoms with Crippen molar-refractivity contribution in [2.75, 3.05) is 7.11 Å². The molecule has 0 aliphatic heterocycles. The zero-order chi connectivity index (χ0) is 13.6. The van der Waals surface area contributed by atoms with E-state index in [1.54, 1.807) is 0 Å². The van der Waals surface area contributed by atoms with Gasteiger partial charge in [0.25, 0.3) is 0 Å². The van der Waals surface area contributed by atoms with Gasteiger partial charge in [0, 0.05) is 6.92 Å². The average Bonchev–Trinajstić information content (AvgIpc) is 2.24. The molecule has 0 saturated carbocycles. The highest BCUT2D eigenvalue weighted by Crippen LogP contribution is 2.08. The molecule has 0 heterocycles. The normalized spacial score (nSPS) is 12.5. The van der Waals surface area contributed by atoms with Gasteiger partial charge in [0.1, 0.15) is 0 Å². The van der Waals surface area contributed by atoms with E-state index < -0.39 is 28.6 Å². The maximum atomic E-state index is 11.2. The van der Waals surface area contributed by atoms with Crippen LogP contribution in [-0.4, -0.2) is 35.7 Å². The summed E-state index contributed by atoms with van der Waals surface area (Å²) in [5, 5.41) is 20.7. The molecule has 0 aliphatic carbocycles. The molecule has 17 heavy (non-hydrogen) atoms. The quantitative estimate of drug-likeness (QED) is 0.217. The third kappa shape index (κ3) is 3.13. The molecule has 1 unspecified atom stereocenters. The van der Waals surface area contributed by atoms with Crippen molar-refractivity contribution in [2.24, 2.45) is 0 Å². The number of hydrogen-bond acceptors (Lipinski definition) is 8. The van der Waals surface area contributed by atoms with Crippen molar-refractivity contribution in [3.63, 3.8) is 0 Å². The molecule has 0 aliphatic rings. The summed E-state index contributed by atoms with van der Waals surface area (Å²) in [7, 11) is 0.855. The summed E-state index contributed by atoms with van der Waals surface area (Å²) in [4.78, 5) is 41.7. The Kier molecular flexibility index (Phi) is 4.54. The van der Waals surface area contributed by atoms with Gasteiger partial charge in [-0.1, -0.05) is 0 Å². The average molecular weight is 245 g/mol. The van der Waals surface area contributed by atoms with Crippen LogP contribution in [0.4, 0.5) is 4.79 Å². The van der Waals surface area contributed by atoms with E-state index in [-0.39, 0.29) is 0 Å². The predicted molar refractivity (Wildman–Crippen MR) is 47.7 cm³/mol. The number of nitrogens with one attached hydrogen (secondary N) is 1. The maximum absolute atomic E-state index is 11.2. The van der Waals surface area contributed by atoms with E-state index in [0.717, 1.165) is 20.1 Å². The van der Waals surface area contributed by atoms with Crippen molar-refractivity contribution in [2.45, 2.75) is 12.6 Å². The molecular formula is C7H7N3O7. The van der Waals surface area contributed by atoms with Crippen molar-refractivity contribution < 1.29 is 28.8 Å². The van der Waals surface area contributed by atoms with Crippen LogP contribution in [0.1, 0.15) is 6.92 Å². The number of methoxy groups -OCH3 is 1. The Morgan fingerprint density at radius 2 is 2.00 bits per heavy atom. The maximum Gasteiger partial charge on any atom is 0.516 e. The summed E-state index contributed by atoms with van der Waals surface area (Å²) in [6.45, 7) is 0.848.